The van der Waals surface area contributed by atoms with E-state index < -0.39 is 0 Å². The molecular weight excluding hydrogens is 176 g/mol. The van der Waals surface area contributed by atoms with Crippen LogP contribution in [0.15, 0.2) is 36.5 Å². The van der Waals surface area contributed by atoms with Gasteiger partial charge in [0.15, 0.2) is 0 Å². The first kappa shape index (κ1) is 10.4. The van der Waals surface area contributed by atoms with Crippen LogP contribution in [0, 0.1) is 0 Å². The number of nitrogens with one attached hydrogen (secondary N) is 1. The van der Waals surface area contributed by atoms with Gasteiger partial charge in [-0.15, -0.1) is 0 Å². The lowest BCUT2D eigenvalue weighted by Gasteiger charge is -2.11. The second-order valence-electron chi connectivity index (χ2n) is 2.98. The van der Waals surface area contributed by atoms with Crippen LogP contribution in [0.4, 0.5) is 0 Å². The minimum Gasteiger partial charge on any atom is -0.344 e. The van der Waals surface area contributed by atoms with Crippen molar-refractivity contribution >= 4 is 5.91 Å². The summed E-state index contributed by atoms with van der Waals surface area (Å²) in [4.78, 5) is 15.4. The molecule has 1 unspecified atom stereocenters. The lowest BCUT2D eigenvalue weighted by molar-refractivity contribution is -0.117. The van der Waals surface area contributed by atoms with Crippen molar-refractivity contribution in [3.05, 3.63) is 42.2 Å². The van der Waals surface area contributed by atoms with E-state index in [-0.39, 0.29) is 11.9 Å². The Bertz CT molecular complexity index is 319. The average Bonchev–Trinajstić information content (AvgIpc) is 2.19. The molecule has 0 aromatic carbocycles. The summed E-state index contributed by atoms with van der Waals surface area (Å²) in [5.74, 6) is -0.0920. The van der Waals surface area contributed by atoms with Gasteiger partial charge in [0.1, 0.15) is 0 Å². The number of allylic oxidation sites excluding steroid dienone is 1. The Kier molecular flexibility index (Phi) is 3.85. The van der Waals surface area contributed by atoms with Crippen molar-refractivity contribution in [2.24, 2.45) is 0 Å². The van der Waals surface area contributed by atoms with Gasteiger partial charge in [0.05, 0.1) is 11.7 Å². The SMILES string of the molecule is CC=CC(=O)NC(C)c1ccccn1. The molecule has 0 aliphatic rings. The van der Waals surface area contributed by atoms with Gasteiger partial charge in [0.2, 0.25) is 5.91 Å². The molecule has 1 N–H and O–H groups in total. The number of hydrogen-bond acceptors (Lipinski definition) is 2. The zero-order chi connectivity index (χ0) is 10.4. The Balaban J connectivity index is 2.59. The third kappa shape index (κ3) is 3.01. The van der Waals surface area contributed by atoms with Gasteiger partial charge in [-0.05, 0) is 32.1 Å². The molecule has 0 aliphatic heterocycles. The van der Waals surface area contributed by atoms with Crippen molar-refractivity contribution in [2.75, 3.05) is 0 Å². The van der Waals surface area contributed by atoms with Gasteiger partial charge in [-0.3, -0.25) is 9.78 Å². The second-order valence-corrected chi connectivity index (χ2v) is 2.98. The standard InChI is InChI=1S/C11H14N2O/c1-3-6-11(14)13-9(2)10-7-4-5-8-12-10/h3-9H,1-2H3,(H,13,14). The van der Waals surface area contributed by atoms with E-state index in [9.17, 15) is 4.79 Å². The van der Waals surface area contributed by atoms with Crippen molar-refractivity contribution in [3.8, 4) is 0 Å². The molecule has 1 amide bonds. The molecule has 0 saturated heterocycles. The van der Waals surface area contributed by atoms with Crippen LogP contribution >= 0.6 is 0 Å². The molecule has 0 fully saturated rings. The molecule has 1 aromatic rings. The maximum atomic E-state index is 11.2. The van der Waals surface area contributed by atoms with E-state index in [0.29, 0.717) is 0 Å². The molecular formula is C11H14N2O. The first-order valence-corrected chi connectivity index (χ1v) is 4.58. The first-order valence-electron chi connectivity index (χ1n) is 4.58. The van der Waals surface area contributed by atoms with E-state index in [1.807, 2.05) is 32.0 Å². The Hall–Kier alpha value is -1.64. The number of carbonyl (C=O) groups is 1. The van der Waals surface area contributed by atoms with E-state index in [1.54, 1.807) is 12.3 Å². The lowest BCUT2D eigenvalue weighted by Crippen LogP contribution is -2.25. The molecule has 14 heavy (non-hydrogen) atoms. The van der Waals surface area contributed by atoms with E-state index in [2.05, 4.69) is 10.3 Å². The largest absolute Gasteiger partial charge is 0.344 e. The molecule has 0 saturated carbocycles. The predicted octanol–water partition coefficient (Wildman–Crippen LogP) is 1.83. The predicted molar refractivity (Wildman–Crippen MR) is 55.6 cm³/mol. The number of rotatable bonds is 3. The molecule has 3 heteroatoms. The minimum absolute atomic E-state index is 0.0556. The Labute approximate surface area is 83.9 Å². The molecule has 3 nitrogen and oxygen atoms in total. The van der Waals surface area contributed by atoms with E-state index >= 15 is 0 Å². The molecule has 1 aromatic heterocycles. The van der Waals surface area contributed by atoms with Gasteiger partial charge < -0.3 is 5.32 Å². The smallest absolute Gasteiger partial charge is 0.244 e. The monoisotopic (exact) mass is 190 g/mol. The molecule has 0 spiro atoms. The average molecular weight is 190 g/mol. The maximum Gasteiger partial charge on any atom is 0.244 e. The Morgan fingerprint density at radius 1 is 1.57 bits per heavy atom. The number of hydrogen-bond donors (Lipinski definition) is 1. The van der Waals surface area contributed by atoms with Crippen LogP contribution in [0.5, 0.6) is 0 Å². The summed E-state index contributed by atoms with van der Waals surface area (Å²) in [6.45, 7) is 3.72. The molecule has 0 bridgehead atoms. The van der Waals surface area contributed by atoms with Gasteiger partial charge in [0, 0.05) is 6.20 Å². The summed E-state index contributed by atoms with van der Waals surface area (Å²) < 4.78 is 0. The molecule has 1 heterocycles. The van der Waals surface area contributed by atoms with Crippen LogP contribution < -0.4 is 5.32 Å². The van der Waals surface area contributed by atoms with Crippen molar-refractivity contribution < 1.29 is 4.79 Å². The normalized spacial score (nSPS) is 12.7. The van der Waals surface area contributed by atoms with Crippen LogP contribution in [0.3, 0.4) is 0 Å². The van der Waals surface area contributed by atoms with Crippen LogP contribution in [-0.2, 0) is 4.79 Å². The molecule has 0 radical (unpaired) electrons. The van der Waals surface area contributed by atoms with Gasteiger partial charge in [0.25, 0.3) is 0 Å². The summed E-state index contributed by atoms with van der Waals surface area (Å²) in [5.41, 5.74) is 0.866. The highest BCUT2D eigenvalue weighted by Crippen LogP contribution is 2.07. The lowest BCUT2D eigenvalue weighted by atomic mass is 10.2. The van der Waals surface area contributed by atoms with E-state index in [1.165, 1.54) is 6.08 Å². The van der Waals surface area contributed by atoms with Gasteiger partial charge in [-0.2, -0.15) is 0 Å². The van der Waals surface area contributed by atoms with Crippen molar-refractivity contribution in [1.29, 1.82) is 0 Å². The third-order valence-corrected chi connectivity index (χ3v) is 1.81. The second kappa shape index (κ2) is 5.17. The zero-order valence-corrected chi connectivity index (χ0v) is 8.40. The fraction of sp³-hybridized carbons (Fsp3) is 0.273. The Morgan fingerprint density at radius 3 is 2.93 bits per heavy atom. The summed E-state index contributed by atoms with van der Waals surface area (Å²) in [6, 6.07) is 5.59. The molecule has 1 atom stereocenters. The van der Waals surface area contributed by atoms with Crippen LogP contribution in [0.1, 0.15) is 25.6 Å². The molecule has 1 rings (SSSR count). The van der Waals surface area contributed by atoms with Gasteiger partial charge in [-0.25, -0.2) is 0 Å². The highest BCUT2D eigenvalue weighted by Gasteiger charge is 2.06. The van der Waals surface area contributed by atoms with Gasteiger partial charge >= 0.3 is 0 Å². The van der Waals surface area contributed by atoms with E-state index in [0.717, 1.165) is 5.69 Å². The van der Waals surface area contributed by atoms with Crippen molar-refractivity contribution in [1.82, 2.24) is 10.3 Å². The third-order valence-electron chi connectivity index (χ3n) is 1.81. The van der Waals surface area contributed by atoms with Crippen molar-refractivity contribution in [3.63, 3.8) is 0 Å². The zero-order valence-electron chi connectivity index (χ0n) is 8.40. The summed E-state index contributed by atoms with van der Waals surface area (Å²) in [6.07, 6.45) is 4.92. The number of amides is 1. The van der Waals surface area contributed by atoms with Crippen LogP contribution in [-0.4, -0.2) is 10.9 Å². The van der Waals surface area contributed by atoms with Crippen molar-refractivity contribution in [2.45, 2.75) is 19.9 Å². The molecule has 0 aliphatic carbocycles. The summed E-state index contributed by atoms with van der Waals surface area (Å²) in [7, 11) is 0. The number of carbonyl (C=O) groups excluding carboxylic acids is 1. The highest BCUT2D eigenvalue weighted by molar-refractivity contribution is 5.87. The fourth-order valence-electron chi connectivity index (χ4n) is 1.12. The van der Waals surface area contributed by atoms with Crippen LogP contribution in [0.2, 0.25) is 0 Å². The van der Waals surface area contributed by atoms with Crippen LogP contribution in [0.25, 0.3) is 0 Å². The first-order chi connectivity index (χ1) is 6.74. The summed E-state index contributed by atoms with van der Waals surface area (Å²) in [5, 5.41) is 2.81. The minimum atomic E-state index is -0.0920. The quantitative estimate of drug-likeness (QED) is 0.739. The summed E-state index contributed by atoms with van der Waals surface area (Å²) >= 11 is 0. The van der Waals surface area contributed by atoms with E-state index in [4.69, 9.17) is 0 Å². The van der Waals surface area contributed by atoms with Gasteiger partial charge in [-0.1, -0.05) is 12.1 Å². The highest BCUT2D eigenvalue weighted by atomic mass is 16.1. The number of pyridine rings is 1. The molecule has 74 valence electrons. The topological polar surface area (TPSA) is 42.0 Å². The number of nitrogens with zero attached hydrogens (tertiary/aromatic N) is 1. The maximum absolute atomic E-state index is 11.2. The fourth-order valence-corrected chi connectivity index (χ4v) is 1.12. The Morgan fingerprint density at radius 2 is 2.36 bits per heavy atom. The number of aromatic nitrogens is 1.